The van der Waals surface area contributed by atoms with Gasteiger partial charge in [-0.2, -0.15) is 0 Å². The van der Waals surface area contributed by atoms with Crippen molar-refractivity contribution in [2.45, 2.75) is 19.3 Å². The topological polar surface area (TPSA) is 29.5 Å². The van der Waals surface area contributed by atoms with Crippen LogP contribution in [0.2, 0.25) is 0 Å². The number of ketones is 1. The van der Waals surface area contributed by atoms with E-state index >= 15 is 0 Å². The summed E-state index contributed by atoms with van der Waals surface area (Å²) in [6.07, 6.45) is 5.56. The van der Waals surface area contributed by atoms with E-state index in [1.54, 1.807) is 0 Å². The largest absolute Gasteiger partial charge is 0.451 e. The molecule has 0 unspecified atom stereocenters. The van der Waals surface area contributed by atoms with Crippen molar-refractivity contribution in [3.63, 3.8) is 0 Å². The highest BCUT2D eigenvalue weighted by Gasteiger charge is 2.27. The first-order valence-corrected chi connectivity index (χ1v) is 6.12. The molecule has 0 bridgehead atoms. The van der Waals surface area contributed by atoms with Gasteiger partial charge in [0, 0.05) is 19.3 Å². The smallest absolute Gasteiger partial charge is 0.233 e. The number of likely N-dealkylation sites (tertiary alicyclic amines) is 1. The van der Waals surface area contributed by atoms with Crippen LogP contribution in [0.1, 0.15) is 29.6 Å². The number of benzene rings is 1. The Balaban J connectivity index is 1.83. The van der Waals surface area contributed by atoms with E-state index in [1.807, 2.05) is 30.5 Å². The third-order valence-electron chi connectivity index (χ3n) is 3.27. The normalized spacial score (nSPS) is 21.5. The molecule has 3 heteroatoms. The molecule has 0 atom stereocenters. The van der Waals surface area contributed by atoms with Gasteiger partial charge in [0.25, 0.3) is 0 Å². The molecule has 1 saturated heterocycles. The lowest BCUT2D eigenvalue weighted by molar-refractivity contribution is 0.101. The van der Waals surface area contributed by atoms with Gasteiger partial charge in [-0.1, -0.05) is 12.1 Å². The first-order valence-electron chi connectivity index (χ1n) is 6.12. The van der Waals surface area contributed by atoms with Crippen LogP contribution in [0.15, 0.2) is 36.2 Å². The number of hydrogen-bond acceptors (Lipinski definition) is 3. The lowest BCUT2D eigenvalue weighted by atomic mass is 10.1. The highest BCUT2D eigenvalue weighted by atomic mass is 16.5. The minimum Gasteiger partial charge on any atom is -0.451 e. The summed E-state index contributed by atoms with van der Waals surface area (Å²) < 4.78 is 5.59. The van der Waals surface area contributed by atoms with Gasteiger partial charge in [-0.15, -0.1) is 0 Å². The molecule has 1 aromatic carbocycles. The number of carbonyl (C=O) groups excluding carboxylic acids is 1. The monoisotopic (exact) mass is 229 g/mol. The van der Waals surface area contributed by atoms with E-state index in [0.717, 1.165) is 13.1 Å². The Bertz CT molecular complexity index is 473. The van der Waals surface area contributed by atoms with E-state index in [9.17, 15) is 4.79 Å². The number of hydrogen-bond donors (Lipinski definition) is 0. The second-order valence-electron chi connectivity index (χ2n) is 4.52. The second-order valence-corrected chi connectivity index (χ2v) is 4.52. The van der Waals surface area contributed by atoms with Gasteiger partial charge >= 0.3 is 0 Å². The van der Waals surface area contributed by atoms with Crippen LogP contribution in [-0.2, 0) is 0 Å². The van der Waals surface area contributed by atoms with Crippen molar-refractivity contribution in [1.82, 2.24) is 4.90 Å². The summed E-state index contributed by atoms with van der Waals surface area (Å²) >= 11 is 0. The number of fused-ring (bicyclic) bond motifs is 1. The molecule has 2 heterocycles. The van der Waals surface area contributed by atoms with Gasteiger partial charge in [0.05, 0.1) is 5.56 Å². The standard InChI is InChI=1S/C14H15NO2/c16-14-11-6-2-3-7-12(11)17-13(14)10-15-8-4-1-5-9-15/h2-3,6-7,10H,1,4-5,8-9H2/b13-10-. The average Bonchev–Trinajstić information content (AvgIpc) is 2.68. The third kappa shape index (κ3) is 1.93. The minimum atomic E-state index is 0.00572. The maximum Gasteiger partial charge on any atom is 0.233 e. The van der Waals surface area contributed by atoms with Crippen LogP contribution in [0.25, 0.3) is 0 Å². The van der Waals surface area contributed by atoms with Crippen molar-refractivity contribution >= 4 is 5.78 Å². The molecule has 1 fully saturated rings. The number of para-hydroxylation sites is 1. The van der Waals surface area contributed by atoms with Gasteiger partial charge in [-0.05, 0) is 31.4 Å². The first kappa shape index (κ1) is 10.4. The third-order valence-corrected chi connectivity index (χ3v) is 3.27. The SMILES string of the molecule is O=C1/C(=C/N2CCCCC2)Oc2ccccc21. The Kier molecular flexibility index (Phi) is 2.59. The Morgan fingerprint density at radius 2 is 1.88 bits per heavy atom. The minimum absolute atomic E-state index is 0.00572. The lowest BCUT2D eigenvalue weighted by Crippen LogP contribution is -2.25. The molecule has 0 N–H and O–H groups in total. The molecule has 0 amide bonds. The van der Waals surface area contributed by atoms with Crippen LogP contribution in [0.5, 0.6) is 5.75 Å². The number of piperidine rings is 1. The zero-order valence-corrected chi connectivity index (χ0v) is 9.69. The van der Waals surface area contributed by atoms with Crippen LogP contribution >= 0.6 is 0 Å². The number of Topliss-reactive ketones (excluding diaryl/α,β-unsaturated/α-hetero) is 1. The summed E-state index contributed by atoms with van der Waals surface area (Å²) in [5.74, 6) is 1.15. The van der Waals surface area contributed by atoms with Crippen molar-refractivity contribution in [3.05, 3.63) is 41.8 Å². The predicted molar refractivity (Wildman–Crippen MR) is 64.9 cm³/mol. The molecule has 0 spiro atoms. The van der Waals surface area contributed by atoms with Crippen molar-refractivity contribution in [1.29, 1.82) is 0 Å². The highest BCUT2D eigenvalue weighted by molar-refractivity contribution is 6.12. The number of nitrogens with zero attached hydrogens (tertiary/aromatic N) is 1. The molecule has 0 aromatic heterocycles. The van der Waals surface area contributed by atoms with Gasteiger partial charge in [-0.3, -0.25) is 4.79 Å². The van der Waals surface area contributed by atoms with E-state index in [-0.39, 0.29) is 5.78 Å². The number of rotatable bonds is 1. The predicted octanol–water partition coefficient (Wildman–Crippen LogP) is 2.59. The fraction of sp³-hybridized carbons (Fsp3) is 0.357. The van der Waals surface area contributed by atoms with E-state index in [1.165, 1.54) is 19.3 Å². The van der Waals surface area contributed by atoms with Gasteiger partial charge in [-0.25, -0.2) is 0 Å². The average molecular weight is 229 g/mol. The molecular formula is C14H15NO2. The van der Waals surface area contributed by atoms with Gasteiger partial charge in [0.1, 0.15) is 5.75 Å². The van der Waals surface area contributed by atoms with Crippen LogP contribution in [-0.4, -0.2) is 23.8 Å². The Labute approximate surface area is 101 Å². The van der Waals surface area contributed by atoms with Crippen molar-refractivity contribution in [2.24, 2.45) is 0 Å². The Morgan fingerprint density at radius 1 is 1.12 bits per heavy atom. The summed E-state index contributed by atoms with van der Waals surface area (Å²) in [6.45, 7) is 2.05. The van der Waals surface area contributed by atoms with E-state index in [0.29, 0.717) is 17.1 Å². The molecule has 3 nitrogen and oxygen atoms in total. The quantitative estimate of drug-likeness (QED) is 0.693. The Hall–Kier alpha value is -1.77. The summed E-state index contributed by atoms with van der Waals surface area (Å²) in [7, 11) is 0. The van der Waals surface area contributed by atoms with Gasteiger partial charge in [0.2, 0.25) is 5.78 Å². The van der Waals surface area contributed by atoms with Crippen LogP contribution in [0.4, 0.5) is 0 Å². The zero-order valence-electron chi connectivity index (χ0n) is 9.69. The number of allylic oxidation sites excluding steroid dienone is 1. The van der Waals surface area contributed by atoms with Crippen molar-refractivity contribution in [3.8, 4) is 5.75 Å². The summed E-state index contributed by atoms with van der Waals surface area (Å²) in [5.41, 5.74) is 0.677. The van der Waals surface area contributed by atoms with Crippen molar-refractivity contribution < 1.29 is 9.53 Å². The van der Waals surface area contributed by atoms with E-state index in [2.05, 4.69) is 4.90 Å². The Morgan fingerprint density at radius 3 is 2.65 bits per heavy atom. The molecule has 3 rings (SSSR count). The van der Waals surface area contributed by atoms with E-state index < -0.39 is 0 Å². The molecule has 88 valence electrons. The molecule has 2 aliphatic heterocycles. The lowest BCUT2D eigenvalue weighted by Gasteiger charge is -2.24. The first-order chi connectivity index (χ1) is 8.34. The molecule has 0 saturated carbocycles. The molecule has 0 aliphatic carbocycles. The maximum atomic E-state index is 12.1. The fourth-order valence-electron chi connectivity index (χ4n) is 2.34. The molecule has 0 radical (unpaired) electrons. The van der Waals surface area contributed by atoms with Crippen LogP contribution in [0, 0.1) is 0 Å². The fourth-order valence-corrected chi connectivity index (χ4v) is 2.34. The molecule has 2 aliphatic rings. The highest BCUT2D eigenvalue weighted by Crippen LogP contribution is 2.30. The molecule has 1 aromatic rings. The van der Waals surface area contributed by atoms with Crippen LogP contribution in [0.3, 0.4) is 0 Å². The zero-order chi connectivity index (χ0) is 11.7. The molecular weight excluding hydrogens is 214 g/mol. The number of ether oxygens (including phenoxy) is 1. The maximum absolute atomic E-state index is 12.1. The second kappa shape index (κ2) is 4.24. The van der Waals surface area contributed by atoms with Crippen LogP contribution < -0.4 is 4.74 Å². The van der Waals surface area contributed by atoms with Crippen molar-refractivity contribution in [2.75, 3.05) is 13.1 Å². The summed E-state index contributed by atoms with van der Waals surface area (Å²) in [4.78, 5) is 14.2. The molecule has 17 heavy (non-hydrogen) atoms. The van der Waals surface area contributed by atoms with Gasteiger partial charge < -0.3 is 9.64 Å². The van der Waals surface area contributed by atoms with E-state index in [4.69, 9.17) is 4.74 Å². The summed E-state index contributed by atoms with van der Waals surface area (Å²) in [5, 5.41) is 0. The number of carbonyl (C=O) groups is 1. The van der Waals surface area contributed by atoms with Gasteiger partial charge in [0.15, 0.2) is 5.76 Å². The summed E-state index contributed by atoms with van der Waals surface area (Å²) in [6, 6.07) is 7.40.